The summed E-state index contributed by atoms with van der Waals surface area (Å²) in [6.07, 6.45) is 1.40. The van der Waals surface area contributed by atoms with Crippen LogP contribution in [0, 0.1) is 0 Å². The summed E-state index contributed by atoms with van der Waals surface area (Å²) in [5, 5.41) is 10.7. The number of nitrogens with one attached hydrogen (secondary N) is 1. The summed E-state index contributed by atoms with van der Waals surface area (Å²) in [5.74, 6) is -1.73. The van der Waals surface area contributed by atoms with Gasteiger partial charge in [0.25, 0.3) is 5.91 Å². The summed E-state index contributed by atoms with van der Waals surface area (Å²) in [6, 6.07) is 5.30. The third kappa shape index (κ3) is 3.92. The maximum atomic E-state index is 12.6. The highest BCUT2D eigenvalue weighted by Gasteiger charge is 2.37. The summed E-state index contributed by atoms with van der Waals surface area (Å²) in [5.41, 5.74) is 0.195. The smallest absolute Gasteiger partial charge is 0.322 e. The van der Waals surface area contributed by atoms with Crippen LogP contribution in [0.15, 0.2) is 29.2 Å². The van der Waals surface area contributed by atoms with Gasteiger partial charge in [-0.3, -0.25) is 9.59 Å². The van der Waals surface area contributed by atoms with Crippen LogP contribution in [0.25, 0.3) is 0 Å². The first-order valence-electron chi connectivity index (χ1n) is 7.36. The lowest BCUT2D eigenvalue weighted by Gasteiger charge is -2.39. The van der Waals surface area contributed by atoms with E-state index in [1.807, 2.05) is 0 Å². The SMILES string of the molecule is COC1CC(N(C)S(=O)(=O)c2ccc(C(=O)NCC(=O)O)cc2)C1. The predicted molar refractivity (Wildman–Crippen MR) is 85.2 cm³/mol. The second-order valence-corrected chi connectivity index (χ2v) is 7.60. The molecule has 0 radical (unpaired) electrons. The molecule has 1 amide bonds. The van der Waals surface area contributed by atoms with Gasteiger partial charge in [0, 0.05) is 25.8 Å². The van der Waals surface area contributed by atoms with Gasteiger partial charge in [-0.25, -0.2) is 8.42 Å². The number of hydrogen-bond acceptors (Lipinski definition) is 5. The van der Waals surface area contributed by atoms with Crippen molar-refractivity contribution in [1.82, 2.24) is 9.62 Å². The lowest BCUT2D eigenvalue weighted by Crippen LogP contribution is -2.48. The van der Waals surface area contributed by atoms with E-state index in [0.29, 0.717) is 12.8 Å². The summed E-state index contributed by atoms with van der Waals surface area (Å²) in [4.78, 5) is 22.2. The van der Waals surface area contributed by atoms with E-state index >= 15 is 0 Å². The molecule has 9 heteroatoms. The van der Waals surface area contributed by atoms with E-state index in [-0.39, 0.29) is 22.6 Å². The average molecular weight is 356 g/mol. The Labute approximate surface area is 140 Å². The number of ether oxygens (including phenoxy) is 1. The van der Waals surface area contributed by atoms with Crippen LogP contribution >= 0.6 is 0 Å². The number of sulfonamides is 1. The molecule has 8 nitrogen and oxygen atoms in total. The molecule has 1 aromatic carbocycles. The van der Waals surface area contributed by atoms with E-state index in [2.05, 4.69) is 5.32 Å². The van der Waals surface area contributed by atoms with Crippen molar-refractivity contribution in [3.05, 3.63) is 29.8 Å². The summed E-state index contributed by atoms with van der Waals surface area (Å²) in [7, 11) is -0.519. The zero-order valence-electron chi connectivity index (χ0n) is 13.4. The number of rotatable bonds is 7. The van der Waals surface area contributed by atoms with Crippen LogP contribution in [0.2, 0.25) is 0 Å². The lowest BCUT2D eigenvalue weighted by molar-refractivity contribution is -0.135. The minimum Gasteiger partial charge on any atom is -0.480 e. The van der Waals surface area contributed by atoms with Crippen LogP contribution in [-0.4, -0.2) is 62.6 Å². The number of carboxylic acid groups (broad SMARTS) is 1. The molecule has 1 fully saturated rings. The maximum Gasteiger partial charge on any atom is 0.322 e. The van der Waals surface area contributed by atoms with E-state index in [1.165, 1.54) is 35.6 Å². The van der Waals surface area contributed by atoms with Crippen molar-refractivity contribution in [3.8, 4) is 0 Å². The molecule has 1 aliphatic rings. The molecule has 1 aromatic rings. The maximum absolute atomic E-state index is 12.6. The van der Waals surface area contributed by atoms with E-state index < -0.39 is 28.4 Å². The van der Waals surface area contributed by atoms with E-state index in [9.17, 15) is 18.0 Å². The molecule has 132 valence electrons. The Morgan fingerprint density at radius 2 is 1.88 bits per heavy atom. The zero-order chi connectivity index (χ0) is 17.9. The molecule has 0 aromatic heterocycles. The Hall–Kier alpha value is -1.97. The van der Waals surface area contributed by atoms with Gasteiger partial charge in [-0.05, 0) is 37.1 Å². The Morgan fingerprint density at radius 3 is 2.38 bits per heavy atom. The molecular formula is C15H20N2O6S. The topological polar surface area (TPSA) is 113 Å². The molecule has 2 N–H and O–H groups in total. The van der Waals surface area contributed by atoms with E-state index in [0.717, 1.165) is 0 Å². The fraction of sp³-hybridized carbons (Fsp3) is 0.467. The number of aliphatic carboxylic acids is 1. The highest BCUT2D eigenvalue weighted by molar-refractivity contribution is 7.89. The van der Waals surface area contributed by atoms with Gasteiger partial charge in [0.1, 0.15) is 6.54 Å². The first-order valence-corrected chi connectivity index (χ1v) is 8.80. The van der Waals surface area contributed by atoms with E-state index in [4.69, 9.17) is 9.84 Å². The van der Waals surface area contributed by atoms with Gasteiger partial charge in [0.15, 0.2) is 0 Å². The van der Waals surface area contributed by atoms with Crippen LogP contribution in [0.4, 0.5) is 0 Å². The summed E-state index contributed by atoms with van der Waals surface area (Å²) >= 11 is 0. The number of carbonyl (C=O) groups excluding carboxylic acids is 1. The number of methoxy groups -OCH3 is 1. The summed E-state index contributed by atoms with van der Waals surface area (Å²) in [6.45, 7) is -0.496. The van der Waals surface area contributed by atoms with Crippen LogP contribution in [0.3, 0.4) is 0 Å². The second kappa shape index (κ2) is 7.29. The van der Waals surface area contributed by atoms with Crippen LogP contribution in [0.5, 0.6) is 0 Å². The third-order valence-electron chi connectivity index (χ3n) is 4.11. The van der Waals surface area contributed by atoms with Gasteiger partial charge in [0.2, 0.25) is 10.0 Å². The number of nitrogens with zero attached hydrogens (tertiary/aromatic N) is 1. The van der Waals surface area contributed by atoms with Gasteiger partial charge in [0.05, 0.1) is 11.0 Å². The molecule has 1 aliphatic carbocycles. The van der Waals surface area contributed by atoms with Gasteiger partial charge >= 0.3 is 5.97 Å². The predicted octanol–water partition coefficient (Wildman–Crippen LogP) is 0.299. The fourth-order valence-corrected chi connectivity index (χ4v) is 3.80. The van der Waals surface area contributed by atoms with Gasteiger partial charge < -0.3 is 15.2 Å². The third-order valence-corrected chi connectivity index (χ3v) is 6.04. The lowest BCUT2D eigenvalue weighted by atomic mass is 9.89. The monoisotopic (exact) mass is 356 g/mol. The molecule has 0 atom stereocenters. The van der Waals surface area contributed by atoms with Gasteiger partial charge in [-0.2, -0.15) is 4.31 Å². The Balaban J connectivity index is 2.06. The molecular weight excluding hydrogens is 336 g/mol. The normalized spacial score (nSPS) is 20.5. The minimum absolute atomic E-state index is 0.0839. The van der Waals surface area contributed by atoms with Crippen LogP contribution in [-0.2, 0) is 19.6 Å². The van der Waals surface area contributed by atoms with Crippen molar-refractivity contribution < 1.29 is 27.9 Å². The molecule has 0 aliphatic heterocycles. The van der Waals surface area contributed by atoms with Crippen molar-refractivity contribution >= 4 is 21.9 Å². The Kier molecular flexibility index (Phi) is 5.58. The highest BCUT2D eigenvalue weighted by Crippen LogP contribution is 2.30. The second-order valence-electron chi connectivity index (χ2n) is 5.60. The molecule has 24 heavy (non-hydrogen) atoms. The van der Waals surface area contributed by atoms with Crippen molar-refractivity contribution in [1.29, 1.82) is 0 Å². The van der Waals surface area contributed by atoms with Crippen LogP contribution in [0.1, 0.15) is 23.2 Å². The molecule has 2 rings (SSSR count). The standard InChI is InChI=1S/C15H20N2O6S/c1-17(11-7-12(8-11)23-2)24(21,22)13-5-3-10(4-6-13)15(20)16-9-14(18)19/h3-6,11-12H,7-9H2,1-2H3,(H,16,20)(H,18,19). The Morgan fingerprint density at radius 1 is 1.29 bits per heavy atom. The van der Waals surface area contributed by atoms with Crippen molar-refractivity contribution in [2.45, 2.75) is 29.9 Å². The largest absolute Gasteiger partial charge is 0.480 e. The molecule has 0 spiro atoms. The molecule has 0 bridgehead atoms. The Bertz CT molecular complexity index is 710. The van der Waals surface area contributed by atoms with Gasteiger partial charge in [-0.1, -0.05) is 0 Å². The van der Waals surface area contributed by atoms with Gasteiger partial charge in [-0.15, -0.1) is 0 Å². The number of amides is 1. The quantitative estimate of drug-likeness (QED) is 0.726. The first kappa shape index (κ1) is 18.4. The molecule has 1 saturated carbocycles. The number of carboxylic acids is 1. The van der Waals surface area contributed by atoms with Crippen molar-refractivity contribution in [3.63, 3.8) is 0 Å². The zero-order valence-corrected chi connectivity index (χ0v) is 14.2. The number of hydrogen-bond donors (Lipinski definition) is 2. The minimum atomic E-state index is -3.65. The first-order chi connectivity index (χ1) is 11.3. The van der Waals surface area contributed by atoms with Crippen molar-refractivity contribution in [2.75, 3.05) is 20.7 Å². The van der Waals surface area contributed by atoms with Crippen LogP contribution < -0.4 is 5.32 Å². The highest BCUT2D eigenvalue weighted by atomic mass is 32.2. The molecule has 0 unspecified atom stereocenters. The van der Waals surface area contributed by atoms with E-state index in [1.54, 1.807) is 7.11 Å². The number of benzene rings is 1. The van der Waals surface area contributed by atoms with Crippen molar-refractivity contribution in [2.24, 2.45) is 0 Å². The molecule has 0 heterocycles. The molecule has 0 saturated heterocycles. The number of carbonyl (C=O) groups is 2. The summed E-state index contributed by atoms with van der Waals surface area (Å²) < 4.78 is 31.6. The average Bonchev–Trinajstić information content (AvgIpc) is 2.51. The fourth-order valence-electron chi connectivity index (χ4n) is 2.43.